The molecule has 1 N–H and O–H groups in total. The first-order valence-corrected chi connectivity index (χ1v) is 9.98. The van der Waals surface area contributed by atoms with Gasteiger partial charge in [-0.2, -0.15) is 0 Å². The molecular weight excluding hydrogens is 362 g/mol. The average molecular weight is 385 g/mol. The average Bonchev–Trinajstić information content (AvgIpc) is 2.77. The maximum atomic E-state index is 13.0. The van der Waals surface area contributed by atoms with Gasteiger partial charge in [0.05, 0.1) is 19.9 Å². The van der Waals surface area contributed by atoms with Gasteiger partial charge in [0.25, 0.3) is 0 Å². The zero-order chi connectivity index (χ0) is 20.0. The summed E-state index contributed by atoms with van der Waals surface area (Å²) in [5.74, 6) is 1.49. The van der Waals surface area contributed by atoms with E-state index in [1.807, 2.05) is 18.2 Å². The summed E-state index contributed by atoms with van der Waals surface area (Å²) in [6.07, 6.45) is 2.39. The van der Waals surface area contributed by atoms with E-state index in [-0.39, 0.29) is 11.7 Å². The molecule has 0 saturated carbocycles. The number of anilines is 1. The van der Waals surface area contributed by atoms with Gasteiger partial charge in [-0.25, -0.2) is 0 Å². The van der Waals surface area contributed by atoms with Gasteiger partial charge in [0, 0.05) is 29.0 Å². The number of hydrogen-bond acceptors (Lipinski definition) is 4. The molecule has 1 aliphatic carbocycles. The van der Waals surface area contributed by atoms with Crippen molar-refractivity contribution in [3.05, 3.63) is 77.0 Å². The molecule has 3 aromatic carbocycles. The highest BCUT2D eigenvalue weighted by Gasteiger charge is 2.36. The monoisotopic (exact) mass is 385 g/mol. The molecule has 3 aromatic rings. The number of hydrogen-bond donors (Lipinski definition) is 1. The van der Waals surface area contributed by atoms with Gasteiger partial charge in [-0.3, -0.25) is 4.79 Å². The Balaban J connectivity index is 1.77. The quantitative estimate of drug-likeness (QED) is 0.654. The molecule has 0 radical (unpaired) electrons. The van der Waals surface area contributed by atoms with Gasteiger partial charge >= 0.3 is 0 Å². The highest BCUT2D eigenvalue weighted by molar-refractivity contribution is 6.04. The Morgan fingerprint density at radius 2 is 1.76 bits per heavy atom. The van der Waals surface area contributed by atoms with E-state index in [0.29, 0.717) is 17.9 Å². The maximum Gasteiger partial charge on any atom is 0.161 e. The van der Waals surface area contributed by atoms with Gasteiger partial charge in [0.1, 0.15) is 0 Å². The second kappa shape index (κ2) is 6.96. The maximum absolute atomic E-state index is 13.0. The van der Waals surface area contributed by atoms with E-state index >= 15 is 0 Å². The number of carbonyl (C=O) groups excluding carboxylic acids is 1. The minimum absolute atomic E-state index is 0.113. The highest BCUT2D eigenvalue weighted by Crippen LogP contribution is 2.48. The van der Waals surface area contributed by atoms with E-state index in [1.165, 1.54) is 10.8 Å². The van der Waals surface area contributed by atoms with Crippen molar-refractivity contribution < 1.29 is 14.3 Å². The Hall–Kier alpha value is -3.27. The lowest BCUT2D eigenvalue weighted by Crippen LogP contribution is -2.27. The molecular formula is C25H23NO3. The Labute approximate surface area is 170 Å². The van der Waals surface area contributed by atoms with Crippen LogP contribution in [0.15, 0.2) is 65.9 Å². The number of allylic oxidation sites excluding steroid dienone is 2. The van der Waals surface area contributed by atoms with Crippen molar-refractivity contribution in [2.45, 2.75) is 25.2 Å². The minimum Gasteiger partial charge on any atom is -0.493 e. The molecule has 2 aliphatic rings. The van der Waals surface area contributed by atoms with Crippen molar-refractivity contribution in [2.24, 2.45) is 0 Å². The molecule has 0 aromatic heterocycles. The van der Waals surface area contributed by atoms with Crippen molar-refractivity contribution >= 4 is 22.2 Å². The summed E-state index contributed by atoms with van der Waals surface area (Å²) in [7, 11) is 3.27. The molecule has 1 heterocycles. The topological polar surface area (TPSA) is 47.6 Å². The fourth-order valence-corrected chi connectivity index (χ4v) is 4.68. The molecule has 4 heteroatoms. The number of methoxy groups -OCH3 is 2. The zero-order valence-corrected chi connectivity index (χ0v) is 16.6. The van der Waals surface area contributed by atoms with E-state index in [4.69, 9.17) is 9.47 Å². The molecule has 29 heavy (non-hydrogen) atoms. The molecule has 4 nitrogen and oxygen atoms in total. The Bertz CT molecular complexity index is 1160. The van der Waals surface area contributed by atoms with Crippen LogP contribution in [0.1, 0.15) is 36.3 Å². The first-order chi connectivity index (χ1) is 14.2. The van der Waals surface area contributed by atoms with Crippen LogP contribution in [0.25, 0.3) is 10.8 Å². The Kier molecular flexibility index (Phi) is 4.27. The third-order valence-electron chi connectivity index (χ3n) is 6.03. The Morgan fingerprint density at radius 1 is 0.931 bits per heavy atom. The van der Waals surface area contributed by atoms with Crippen LogP contribution in [0.2, 0.25) is 0 Å². The van der Waals surface area contributed by atoms with Crippen LogP contribution >= 0.6 is 0 Å². The summed E-state index contributed by atoms with van der Waals surface area (Å²) < 4.78 is 11.0. The van der Waals surface area contributed by atoms with Crippen molar-refractivity contribution in [3.63, 3.8) is 0 Å². The number of benzene rings is 3. The number of fused-ring (bicyclic) bond motifs is 3. The third kappa shape index (κ3) is 2.79. The van der Waals surface area contributed by atoms with Gasteiger partial charge in [0.2, 0.25) is 0 Å². The summed E-state index contributed by atoms with van der Waals surface area (Å²) >= 11 is 0. The second-order valence-corrected chi connectivity index (χ2v) is 7.59. The fraction of sp³-hybridized carbons (Fsp3) is 0.240. The SMILES string of the molecule is COc1ccc([C@@H]2C3=C(CCCC3=O)Nc3c2ccc2ccccc32)cc1OC. The van der Waals surface area contributed by atoms with Crippen molar-refractivity contribution in [2.75, 3.05) is 19.5 Å². The van der Waals surface area contributed by atoms with Crippen LogP contribution < -0.4 is 14.8 Å². The zero-order valence-electron chi connectivity index (χ0n) is 16.6. The molecule has 0 spiro atoms. The van der Waals surface area contributed by atoms with Gasteiger partial charge < -0.3 is 14.8 Å². The lowest BCUT2D eigenvalue weighted by atomic mass is 9.75. The standard InChI is InChI=1S/C25H23NO3/c1-28-21-13-11-16(14-22(21)29-2)23-18-12-10-15-6-3-4-7-17(15)25(18)26-19-8-5-9-20(27)24(19)23/h3-4,6-7,10-14,23,26H,5,8-9H2,1-2H3/t23-/m0/s1. The van der Waals surface area contributed by atoms with Crippen LogP contribution in [-0.2, 0) is 4.79 Å². The molecule has 0 unspecified atom stereocenters. The molecule has 0 saturated heterocycles. The lowest BCUT2D eigenvalue weighted by molar-refractivity contribution is -0.116. The predicted molar refractivity (Wildman–Crippen MR) is 115 cm³/mol. The number of carbonyl (C=O) groups is 1. The molecule has 1 aliphatic heterocycles. The van der Waals surface area contributed by atoms with Crippen molar-refractivity contribution in [1.29, 1.82) is 0 Å². The minimum atomic E-state index is -0.113. The summed E-state index contributed by atoms with van der Waals surface area (Å²) in [6.45, 7) is 0. The number of rotatable bonds is 3. The van der Waals surface area contributed by atoms with Crippen LogP contribution in [-0.4, -0.2) is 20.0 Å². The fourth-order valence-electron chi connectivity index (χ4n) is 4.68. The summed E-state index contributed by atoms with van der Waals surface area (Å²) in [6, 6.07) is 18.6. The number of nitrogens with one attached hydrogen (secondary N) is 1. The number of Topliss-reactive ketones (excluding diaryl/α,β-unsaturated/α-hetero) is 1. The van der Waals surface area contributed by atoms with E-state index in [1.54, 1.807) is 14.2 Å². The number of ether oxygens (including phenoxy) is 2. The van der Waals surface area contributed by atoms with E-state index in [9.17, 15) is 4.79 Å². The van der Waals surface area contributed by atoms with Crippen LogP contribution in [0, 0.1) is 0 Å². The largest absolute Gasteiger partial charge is 0.493 e. The van der Waals surface area contributed by atoms with Crippen LogP contribution in [0.3, 0.4) is 0 Å². The molecule has 1 atom stereocenters. The van der Waals surface area contributed by atoms with Crippen LogP contribution in [0.5, 0.6) is 11.5 Å². The molecule has 146 valence electrons. The Morgan fingerprint density at radius 3 is 2.59 bits per heavy atom. The molecule has 0 fully saturated rings. The number of ketones is 1. The van der Waals surface area contributed by atoms with Crippen LogP contribution in [0.4, 0.5) is 5.69 Å². The van der Waals surface area contributed by atoms with Gasteiger partial charge in [-0.15, -0.1) is 0 Å². The highest BCUT2D eigenvalue weighted by atomic mass is 16.5. The lowest BCUT2D eigenvalue weighted by Gasteiger charge is -2.35. The first kappa shape index (κ1) is 17.8. The normalized spacial score (nSPS) is 18.1. The molecule has 0 amide bonds. The first-order valence-electron chi connectivity index (χ1n) is 9.98. The third-order valence-corrected chi connectivity index (χ3v) is 6.03. The van der Waals surface area contributed by atoms with Gasteiger partial charge in [-0.1, -0.05) is 42.5 Å². The van der Waals surface area contributed by atoms with E-state index in [2.05, 4.69) is 41.7 Å². The molecule has 5 rings (SSSR count). The second-order valence-electron chi connectivity index (χ2n) is 7.59. The van der Waals surface area contributed by atoms with Crippen molar-refractivity contribution in [3.8, 4) is 11.5 Å². The predicted octanol–water partition coefficient (Wildman–Crippen LogP) is 5.42. The van der Waals surface area contributed by atoms with E-state index < -0.39 is 0 Å². The van der Waals surface area contributed by atoms with E-state index in [0.717, 1.165) is 40.9 Å². The summed E-state index contributed by atoms with van der Waals surface area (Å²) in [4.78, 5) is 13.0. The molecule has 0 bridgehead atoms. The van der Waals surface area contributed by atoms with Gasteiger partial charge in [-0.05, 0) is 41.5 Å². The van der Waals surface area contributed by atoms with Crippen molar-refractivity contribution in [1.82, 2.24) is 0 Å². The summed E-state index contributed by atoms with van der Waals surface area (Å²) in [5.41, 5.74) is 5.24. The van der Waals surface area contributed by atoms with Gasteiger partial charge in [0.15, 0.2) is 17.3 Å². The summed E-state index contributed by atoms with van der Waals surface area (Å²) in [5, 5.41) is 6.00. The smallest absolute Gasteiger partial charge is 0.161 e.